The van der Waals surface area contributed by atoms with E-state index in [1.54, 1.807) is 24.3 Å². The first kappa shape index (κ1) is 17.7. The summed E-state index contributed by atoms with van der Waals surface area (Å²) in [5.41, 5.74) is 5.84. The summed E-state index contributed by atoms with van der Waals surface area (Å²) in [6.07, 6.45) is 0. The van der Waals surface area contributed by atoms with E-state index in [9.17, 15) is 13.2 Å². The van der Waals surface area contributed by atoms with Crippen LogP contribution in [0.4, 0.5) is 5.69 Å². The third-order valence-electron chi connectivity index (χ3n) is 2.25. The van der Waals surface area contributed by atoms with E-state index in [-0.39, 0.29) is 35.3 Å². The molecule has 0 unspecified atom stereocenters. The van der Waals surface area contributed by atoms with Crippen LogP contribution in [0.15, 0.2) is 24.3 Å². The molecular weight excluding hydrogens is 290 g/mol. The van der Waals surface area contributed by atoms with Crippen molar-refractivity contribution < 1.29 is 13.2 Å². The number of benzene rings is 1. The quantitative estimate of drug-likeness (QED) is 0.714. The van der Waals surface area contributed by atoms with Crippen LogP contribution < -0.4 is 15.8 Å². The van der Waals surface area contributed by atoms with E-state index in [1.165, 1.54) is 6.92 Å². The highest BCUT2D eigenvalue weighted by Gasteiger charge is 2.14. The molecule has 1 aromatic carbocycles. The van der Waals surface area contributed by atoms with Gasteiger partial charge in [0.1, 0.15) is 0 Å². The van der Waals surface area contributed by atoms with Crippen molar-refractivity contribution in [2.75, 3.05) is 23.6 Å². The van der Waals surface area contributed by atoms with Crippen LogP contribution in [0.1, 0.15) is 17.3 Å². The maximum Gasteiger partial charge on any atom is 0.253 e. The van der Waals surface area contributed by atoms with Crippen LogP contribution >= 0.6 is 12.4 Å². The molecule has 0 atom stereocenters. The lowest BCUT2D eigenvalue weighted by molar-refractivity contribution is 0.0955. The van der Waals surface area contributed by atoms with Crippen LogP contribution in [-0.4, -0.2) is 33.2 Å². The van der Waals surface area contributed by atoms with Crippen molar-refractivity contribution in [3.05, 3.63) is 29.8 Å². The van der Waals surface area contributed by atoms with Crippen molar-refractivity contribution in [2.45, 2.75) is 6.92 Å². The number of hydrogen-bond donors (Lipinski definition) is 3. The second-order valence-electron chi connectivity index (χ2n) is 3.60. The molecule has 8 heteroatoms. The van der Waals surface area contributed by atoms with E-state index in [1.807, 2.05) is 0 Å². The standard InChI is InChI=1S/C11H17N3O3S.ClH/c1-2-18(16,17)14-10-6-4-3-5-9(10)11(15)13-8-7-12;/h3-6,14H,2,7-8,12H2,1H3,(H,13,15);1H. The summed E-state index contributed by atoms with van der Waals surface area (Å²) in [5, 5.41) is 2.59. The number of nitrogens with two attached hydrogens (primary N) is 1. The lowest BCUT2D eigenvalue weighted by atomic mass is 10.1. The van der Waals surface area contributed by atoms with Crippen LogP contribution in [0.2, 0.25) is 0 Å². The van der Waals surface area contributed by atoms with Crippen LogP contribution in [-0.2, 0) is 10.0 Å². The van der Waals surface area contributed by atoms with Gasteiger partial charge in [0.2, 0.25) is 10.0 Å². The molecule has 1 aromatic rings. The highest BCUT2D eigenvalue weighted by molar-refractivity contribution is 7.92. The SMILES string of the molecule is CCS(=O)(=O)Nc1ccccc1C(=O)NCCN.Cl. The Hall–Kier alpha value is -1.31. The molecule has 0 spiro atoms. The molecule has 0 aliphatic rings. The zero-order valence-corrected chi connectivity index (χ0v) is 12.2. The lowest BCUT2D eigenvalue weighted by Gasteiger charge is -2.11. The molecule has 4 N–H and O–H groups in total. The molecule has 0 radical (unpaired) electrons. The van der Waals surface area contributed by atoms with E-state index in [2.05, 4.69) is 10.0 Å². The molecule has 19 heavy (non-hydrogen) atoms. The van der Waals surface area contributed by atoms with Gasteiger partial charge < -0.3 is 11.1 Å². The zero-order valence-electron chi connectivity index (χ0n) is 10.5. The van der Waals surface area contributed by atoms with Crippen LogP contribution in [0.5, 0.6) is 0 Å². The summed E-state index contributed by atoms with van der Waals surface area (Å²) >= 11 is 0. The van der Waals surface area contributed by atoms with Crippen LogP contribution in [0.3, 0.4) is 0 Å². The normalized spacial score (nSPS) is 10.4. The van der Waals surface area contributed by atoms with E-state index >= 15 is 0 Å². The minimum atomic E-state index is -3.40. The molecular formula is C11H18ClN3O3S. The fraction of sp³-hybridized carbons (Fsp3) is 0.364. The fourth-order valence-electron chi connectivity index (χ4n) is 1.29. The Labute approximate surface area is 119 Å². The minimum Gasteiger partial charge on any atom is -0.351 e. The van der Waals surface area contributed by atoms with E-state index in [0.717, 1.165) is 0 Å². The number of anilines is 1. The van der Waals surface area contributed by atoms with E-state index < -0.39 is 10.0 Å². The summed E-state index contributed by atoms with van der Waals surface area (Å²) in [4.78, 5) is 11.8. The van der Waals surface area contributed by atoms with Gasteiger partial charge in [-0.3, -0.25) is 9.52 Å². The topological polar surface area (TPSA) is 101 Å². The van der Waals surface area contributed by atoms with Gasteiger partial charge in [0, 0.05) is 13.1 Å². The molecule has 108 valence electrons. The molecule has 0 fully saturated rings. The molecule has 1 rings (SSSR count). The van der Waals surface area contributed by atoms with Gasteiger partial charge in [0.15, 0.2) is 0 Å². The minimum absolute atomic E-state index is 0. The number of amides is 1. The Balaban J connectivity index is 0.00000324. The Morgan fingerprint density at radius 1 is 1.32 bits per heavy atom. The summed E-state index contributed by atoms with van der Waals surface area (Å²) in [6.45, 7) is 2.20. The van der Waals surface area contributed by atoms with Gasteiger partial charge in [-0.25, -0.2) is 8.42 Å². The maximum absolute atomic E-state index is 11.8. The average Bonchev–Trinajstić information content (AvgIpc) is 2.36. The van der Waals surface area contributed by atoms with Gasteiger partial charge >= 0.3 is 0 Å². The summed E-state index contributed by atoms with van der Waals surface area (Å²) in [7, 11) is -3.40. The largest absolute Gasteiger partial charge is 0.351 e. The Morgan fingerprint density at radius 3 is 2.53 bits per heavy atom. The number of halogens is 1. The fourth-order valence-corrected chi connectivity index (χ4v) is 1.95. The predicted molar refractivity (Wildman–Crippen MR) is 78.2 cm³/mol. The summed E-state index contributed by atoms with van der Waals surface area (Å²) < 4.78 is 25.4. The van der Waals surface area contributed by atoms with Gasteiger partial charge in [-0.15, -0.1) is 12.4 Å². The Morgan fingerprint density at radius 2 is 1.95 bits per heavy atom. The number of hydrogen-bond acceptors (Lipinski definition) is 4. The van der Waals surface area contributed by atoms with Crippen LogP contribution in [0.25, 0.3) is 0 Å². The number of nitrogens with one attached hydrogen (secondary N) is 2. The second-order valence-corrected chi connectivity index (χ2v) is 5.61. The number of carbonyl (C=O) groups excluding carboxylic acids is 1. The van der Waals surface area contributed by atoms with Gasteiger partial charge in [0.05, 0.1) is 17.0 Å². The second kappa shape index (κ2) is 7.98. The van der Waals surface area contributed by atoms with Gasteiger partial charge in [0.25, 0.3) is 5.91 Å². The zero-order chi connectivity index (χ0) is 13.6. The molecule has 0 saturated heterocycles. The molecule has 0 aliphatic heterocycles. The van der Waals surface area contributed by atoms with Crippen molar-refractivity contribution in [2.24, 2.45) is 5.73 Å². The van der Waals surface area contributed by atoms with Crippen molar-refractivity contribution in [3.8, 4) is 0 Å². The molecule has 6 nitrogen and oxygen atoms in total. The monoisotopic (exact) mass is 307 g/mol. The first-order chi connectivity index (χ1) is 8.50. The van der Waals surface area contributed by atoms with Crippen molar-refractivity contribution >= 4 is 34.0 Å². The van der Waals surface area contributed by atoms with Crippen molar-refractivity contribution in [1.29, 1.82) is 0 Å². The smallest absolute Gasteiger partial charge is 0.253 e. The summed E-state index contributed by atoms with van der Waals surface area (Å²) in [6, 6.07) is 6.43. The predicted octanol–water partition coefficient (Wildman–Crippen LogP) is 0.559. The molecule has 0 aliphatic carbocycles. The maximum atomic E-state index is 11.8. The molecule has 0 bridgehead atoms. The van der Waals surface area contributed by atoms with Crippen molar-refractivity contribution in [1.82, 2.24) is 5.32 Å². The van der Waals surface area contributed by atoms with E-state index in [0.29, 0.717) is 13.1 Å². The van der Waals surface area contributed by atoms with Gasteiger partial charge in [-0.2, -0.15) is 0 Å². The van der Waals surface area contributed by atoms with Gasteiger partial charge in [-0.05, 0) is 19.1 Å². The molecule has 0 saturated carbocycles. The first-order valence-electron chi connectivity index (χ1n) is 5.58. The lowest BCUT2D eigenvalue weighted by Crippen LogP contribution is -2.30. The number of sulfonamides is 1. The number of para-hydroxylation sites is 1. The van der Waals surface area contributed by atoms with Crippen molar-refractivity contribution in [3.63, 3.8) is 0 Å². The molecule has 1 amide bonds. The van der Waals surface area contributed by atoms with Crippen LogP contribution in [0, 0.1) is 0 Å². The third kappa shape index (κ3) is 5.46. The first-order valence-corrected chi connectivity index (χ1v) is 7.23. The third-order valence-corrected chi connectivity index (χ3v) is 3.54. The Kier molecular flexibility index (Phi) is 7.43. The highest BCUT2D eigenvalue weighted by Crippen LogP contribution is 2.16. The highest BCUT2D eigenvalue weighted by atomic mass is 35.5. The average molecular weight is 308 g/mol. The number of rotatable bonds is 6. The van der Waals surface area contributed by atoms with E-state index in [4.69, 9.17) is 5.73 Å². The summed E-state index contributed by atoms with van der Waals surface area (Å²) in [5.74, 6) is -0.402. The number of carbonyl (C=O) groups is 1. The molecule has 0 heterocycles. The Bertz CT molecular complexity index is 520. The van der Waals surface area contributed by atoms with Gasteiger partial charge in [-0.1, -0.05) is 12.1 Å². The molecule has 0 aromatic heterocycles.